The molecule has 0 rings (SSSR count). The van der Waals surface area contributed by atoms with Gasteiger partial charge in [-0.3, -0.25) is 5.16 Å². The largest absolute Gasteiger partial charge is 0.476 e. The number of hydrogen-bond donors (Lipinski definition) is 5. The summed E-state index contributed by atoms with van der Waals surface area (Å²) in [6.07, 6.45) is 0. The first-order valence-electron chi connectivity index (χ1n) is 1.57. The maximum Gasteiger partial charge on any atom is 0.476 e. The van der Waals surface area contributed by atoms with E-state index in [0.29, 0.717) is 0 Å². The molecule has 0 aliphatic rings. The van der Waals surface area contributed by atoms with Crippen molar-refractivity contribution >= 4 is 26.8 Å². The normalized spacial score (nSPS) is 19.1. The monoisotopic (exact) mass is 193 g/mol. The number of hydrogen-bond acceptors (Lipinski definition) is 3. The maximum absolute atomic E-state index is 9.82. The van der Waals surface area contributed by atoms with Gasteiger partial charge in [-0.15, -0.1) is 0 Å². The molecule has 1 unspecified atom stereocenters. The molecule has 9 heavy (non-hydrogen) atoms. The molecule has 0 bridgehead atoms. The molecule has 0 aromatic heterocycles. The van der Waals surface area contributed by atoms with Gasteiger partial charge in [0.05, 0.1) is 0 Å². The number of rotatable bonds is 2. The predicted molar refractivity (Wildman–Crippen MR) is 34.0 cm³/mol. The molecule has 0 saturated heterocycles. The van der Waals surface area contributed by atoms with Crippen molar-refractivity contribution in [1.29, 1.82) is 5.16 Å². The Bertz CT molecular complexity index is 155. The van der Waals surface area contributed by atoms with E-state index in [1.54, 1.807) is 0 Å². The summed E-state index contributed by atoms with van der Waals surface area (Å²) >= 11 is 3.07. The van der Waals surface area contributed by atoms with Gasteiger partial charge < -0.3 is 14.7 Å². The summed E-state index contributed by atoms with van der Waals surface area (Å²) in [5.74, 6) is 0. The molecule has 0 heterocycles. The Kier molecular flexibility index (Phi) is 2.91. The van der Waals surface area contributed by atoms with Crippen LogP contribution >= 0.6 is 26.8 Å². The number of phosphoric acid groups is 1. The topological polar surface area (TPSA) is 111 Å². The van der Waals surface area contributed by atoms with Crippen LogP contribution in [0.15, 0.2) is 0 Å². The molecule has 0 aliphatic carbocycles. The van der Waals surface area contributed by atoms with Gasteiger partial charge in [0.25, 0.3) is 6.71 Å². The highest BCUT2D eigenvalue weighted by Crippen LogP contribution is 2.60. The van der Waals surface area contributed by atoms with Gasteiger partial charge in [-0.25, -0.2) is 8.88 Å². The van der Waals surface area contributed by atoms with Gasteiger partial charge >= 0.3 is 7.82 Å². The Morgan fingerprint density at radius 1 is 1.44 bits per heavy atom. The lowest BCUT2D eigenvalue weighted by Crippen LogP contribution is -1.79. The van der Waals surface area contributed by atoms with E-state index in [-0.39, 0.29) is 0 Å². The van der Waals surface area contributed by atoms with E-state index in [1.165, 1.54) is 0 Å². The molecule has 0 radical (unpaired) electrons. The highest BCUT2D eigenvalue weighted by molar-refractivity contribution is 8.45. The molecule has 0 aliphatic heterocycles. The molecule has 0 fully saturated rings. The van der Waals surface area contributed by atoms with Gasteiger partial charge in [0, 0.05) is 0 Å². The summed E-state index contributed by atoms with van der Waals surface area (Å²) in [4.78, 5) is 24.2. The van der Waals surface area contributed by atoms with Gasteiger partial charge in [0.1, 0.15) is 0 Å². The van der Waals surface area contributed by atoms with Crippen LogP contribution in [0, 0.1) is 5.16 Å². The predicted octanol–water partition coefficient (Wildman–Crippen LogP) is 0.543. The third kappa shape index (κ3) is 8.65. The van der Waals surface area contributed by atoms with Crippen LogP contribution in [0.3, 0.4) is 0 Å². The van der Waals surface area contributed by atoms with E-state index < -0.39 is 14.5 Å². The second-order valence-corrected chi connectivity index (χ2v) is 5.47. The van der Waals surface area contributed by atoms with E-state index in [0.717, 1.165) is 0 Å². The fourth-order valence-electron chi connectivity index (χ4n) is 0.148. The minimum absolute atomic E-state index is 3.07. The van der Waals surface area contributed by atoms with Crippen LogP contribution in [-0.4, -0.2) is 14.7 Å². The number of nitrogens with one attached hydrogen (secondary N) is 1. The minimum Gasteiger partial charge on any atom is -0.332 e. The Balaban J connectivity index is 4.07. The van der Waals surface area contributed by atoms with E-state index in [4.69, 9.17) is 19.8 Å². The molecule has 9 heteroatoms. The third-order valence-corrected chi connectivity index (χ3v) is 2.64. The molecular formula is H5NO5P2S. The molecule has 6 nitrogen and oxygen atoms in total. The van der Waals surface area contributed by atoms with Gasteiger partial charge in [-0.05, 0) is 0 Å². The molecule has 0 aromatic rings. The summed E-state index contributed by atoms with van der Waals surface area (Å²) in [5.41, 5.74) is 0. The quantitative estimate of drug-likeness (QED) is 0.324. The van der Waals surface area contributed by atoms with Crippen molar-refractivity contribution in [3.05, 3.63) is 0 Å². The first-order chi connectivity index (χ1) is 3.71. The van der Waals surface area contributed by atoms with Gasteiger partial charge in [-0.2, -0.15) is 0 Å². The minimum atomic E-state index is -4.75. The van der Waals surface area contributed by atoms with Gasteiger partial charge in [0.2, 0.25) is 0 Å². The van der Waals surface area contributed by atoms with E-state index >= 15 is 0 Å². The first-order valence-corrected chi connectivity index (χ1v) is 5.91. The van der Waals surface area contributed by atoms with Gasteiger partial charge in [-0.1, -0.05) is 12.2 Å². The van der Waals surface area contributed by atoms with Crippen molar-refractivity contribution in [2.45, 2.75) is 0 Å². The molecule has 0 spiro atoms. The fourth-order valence-corrected chi connectivity index (χ4v) is 2.19. The molecule has 1 atom stereocenters. The van der Waals surface area contributed by atoms with Crippen molar-refractivity contribution in [3.8, 4) is 0 Å². The fraction of sp³-hybridized carbons (Fsp3) is 0. The standard InChI is InChI=1S/H5NO5P2S/c1-7(2,9)6-8(3,4)5/h(H3,1,2,9)(H2,3,4,5). The van der Waals surface area contributed by atoms with Crippen LogP contribution < -0.4 is 0 Å². The van der Waals surface area contributed by atoms with Crippen LogP contribution in [0.2, 0.25) is 0 Å². The summed E-state index contributed by atoms with van der Waals surface area (Å²) in [6, 6.07) is 0. The third-order valence-electron chi connectivity index (χ3n) is 0.220. The van der Waals surface area contributed by atoms with Crippen LogP contribution in [-0.2, 0) is 8.88 Å². The van der Waals surface area contributed by atoms with Crippen molar-refractivity contribution < 1.29 is 23.6 Å². The van der Waals surface area contributed by atoms with Crippen LogP contribution in [0.1, 0.15) is 0 Å². The van der Waals surface area contributed by atoms with E-state index in [2.05, 4.69) is 16.6 Å². The zero-order valence-corrected chi connectivity index (χ0v) is 6.68. The summed E-state index contributed by atoms with van der Waals surface area (Å²) in [7, 11) is -4.75. The molecule has 0 amide bonds. The molecule has 56 valence electrons. The highest BCUT2D eigenvalue weighted by Gasteiger charge is 2.22. The van der Waals surface area contributed by atoms with Crippen molar-refractivity contribution in [2.24, 2.45) is 0 Å². The lowest BCUT2D eigenvalue weighted by Gasteiger charge is -2.08. The SMILES string of the molecule is N=P(O)(S)OP(=O)(O)O. The zero-order chi connectivity index (χ0) is 7.71. The molecular weight excluding hydrogens is 188 g/mol. The highest BCUT2D eigenvalue weighted by atomic mass is 32.7. The second kappa shape index (κ2) is 2.72. The molecule has 0 saturated carbocycles. The first kappa shape index (κ1) is 9.65. The Labute approximate surface area is 56.3 Å². The van der Waals surface area contributed by atoms with E-state index in [1.807, 2.05) is 0 Å². The Morgan fingerprint density at radius 2 is 1.78 bits per heavy atom. The molecule has 4 N–H and O–H groups in total. The zero-order valence-electron chi connectivity index (χ0n) is 4.00. The van der Waals surface area contributed by atoms with Crippen LogP contribution in [0.4, 0.5) is 0 Å². The summed E-state index contributed by atoms with van der Waals surface area (Å²) in [6.45, 7) is -3.86. The maximum atomic E-state index is 9.82. The lowest BCUT2D eigenvalue weighted by atomic mass is 14.0. The summed E-state index contributed by atoms with van der Waals surface area (Å²) in [5, 5.41) is 6.40. The smallest absolute Gasteiger partial charge is 0.332 e. The van der Waals surface area contributed by atoms with E-state index in [9.17, 15) is 4.57 Å². The Morgan fingerprint density at radius 3 is 1.78 bits per heavy atom. The molecule has 0 aromatic carbocycles. The average Bonchev–Trinajstić information content (AvgIpc) is 1.14. The number of thiol groups is 1. The van der Waals surface area contributed by atoms with Gasteiger partial charge in [0.15, 0.2) is 0 Å². The van der Waals surface area contributed by atoms with Crippen molar-refractivity contribution in [1.82, 2.24) is 0 Å². The van der Waals surface area contributed by atoms with Crippen molar-refractivity contribution in [3.63, 3.8) is 0 Å². The average molecular weight is 193 g/mol. The van der Waals surface area contributed by atoms with Crippen LogP contribution in [0.5, 0.6) is 0 Å². The second-order valence-electron chi connectivity index (χ2n) is 1.12. The Hall–Kier alpha value is 0.650. The lowest BCUT2D eigenvalue weighted by molar-refractivity contribution is 0.283. The summed E-state index contributed by atoms with van der Waals surface area (Å²) < 4.78 is 13.3. The van der Waals surface area contributed by atoms with Crippen molar-refractivity contribution in [2.75, 3.05) is 0 Å². The van der Waals surface area contributed by atoms with Crippen LogP contribution in [0.25, 0.3) is 0 Å².